The highest BCUT2D eigenvalue weighted by molar-refractivity contribution is 9.10. The summed E-state index contributed by atoms with van der Waals surface area (Å²) in [6.45, 7) is 2.35. The fourth-order valence-electron chi connectivity index (χ4n) is 1.87. The van der Waals surface area contributed by atoms with Crippen molar-refractivity contribution in [3.05, 3.63) is 61.6 Å². The van der Waals surface area contributed by atoms with Crippen molar-refractivity contribution in [2.24, 2.45) is 0 Å². The second-order valence-electron chi connectivity index (χ2n) is 4.45. The maximum Gasteiger partial charge on any atom is 0.294 e. The molecule has 0 aliphatic rings. The van der Waals surface area contributed by atoms with Gasteiger partial charge in [-0.2, -0.15) is 0 Å². The van der Waals surface area contributed by atoms with E-state index in [1.54, 1.807) is 18.2 Å². The zero-order valence-corrected chi connectivity index (χ0v) is 14.3. The lowest BCUT2D eigenvalue weighted by atomic mass is 10.2. The molecule has 8 heteroatoms. The van der Waals surface area contributed by atoms with E-state index in [2.05, 4.69) is 21.2 Å². The van der Waals surface area contributed by atoms with E-state index in [9.17, 15) is 14.9 Å². The molecule has 0 spiro atoms. The number of rotatable bonds is 5. The molecule has 0 atom stereocenters. The van der Waals surface area contributed by atoms with Crippen LogP contribution in [0.5, 0.6) is 5.75 Å². The van der Waals surface area contributed by atoms with E-state index < -0.39 is 10.8 Å². The summed E-state index contributed by atoms with van der Waals surface area (Å²) in [5.74, 6) is 0.140. The molecule has 120 valence electrons. The van der Waals surface area contributed by atoms with Crippen LogP contribution in [0.15, 0.2) is 40.9 Å². The maximum absolute atomic E-state index is 12.3. The van der Waals surface area contributed by atoms with Crippen molar-refractivity contribution in [1.29, 1.82) is 0 Å². The second kappa shape index (κ2) is 7.43. The number of hydrogen-bond donors (Lipinski definition) is 1. The van der Waals surface area contributed by atoms with E-state index in [-0.39, 0.29) is 16.4 Å². The van der Waals surface area contributed by atoms with Gasteiger partial charge in [0.2, 0.25) is 0 Å². The lowest BCUT2D eigenvalue weighted by Crippen LogP contribution is -2.13. The van der Waals surface area contributed by atoms with Crippen molar-refractivity contribution in [2.75, 3.05) is 11.9 Å². The molecule has 2 aromatic rings. The number of nitro groups is 1. The minimum atomic E-state index is -0.602. The van der Waals surface area contributed by atoms with Gasteiger partial charge in [-0.3, -0.25) is 14.9 Å². The first-order chi connectivity index (χ1) is 10.9. The Balaban J connectivity index is 2.26. The molecule has 0 saturated heterocycles. The molecule has 0 unspecified atom stereocenters. The summed E-state index contributed by atoms with van der Waals surface area (Å²) in [5, 5.41) is 13.8. The molecule has 0 aliphatic heterocycles. The van der Waals surface area contributed by atoms with Crippen molar-refractivity contribution in [1.82, 2.24) is 0 Å². The Morgan fingerprint density at radius 2 is 2.09 bits per heavy atom. The van der Waals surface area contributed by atoms with Gasteiger partial charge in [0.15, 0.2) is 0 Å². The summed E-state index contributed by atoms with van der Waals surface area (Å²) < 4.78 is 5.99. The molecule has 6 nitrogen and oxygen atoms in total. The van der Waals surface area contributed by atoms with Crippen LogP contribution < -0.4 is 10.1 Å². The Labute approximate surface area is 145 Å². The molecule has 1 amide bonds. The molecule has 0 bridgehead atoms. The summed E-state index contributed by atoms with van der Waals surface area (Å²) in [7, 11) is 0. The number of amides is 1. The molecule has 0 aliphatic carbocycles. The smallest absolute Gasteiger partial charge is 0.294 e. The zero-order valence-electron chi connectivity index (χ0n) is 12.0. The number of halogens is 2. The number of benzene rings is 2. The first kappa shape index (κ1) is 17.2. The molecule has 0 radical (unpaired) electrons. The van der Waals surface area contributed by atoms with Gasteiger partial charge in [-0.05, 0) is 53.2 Å². The van der Waals surface area contributed by atoms with Gasteiger partial charge in [0, 0.05) is 16.7 Å². The van der Waals surface area contributed by atoms with Crippen LogP contribution in [0.2, 0.25) is 5.02 Å². The normalized spacial score (nSPS) is 10.2. The van der Waals surface area contributed by atoms with E-state index in [4.69, 9.17) is 16.3 Å². The van der Waals surface area contributed by atoms with Crippen LogP contribution in [0.4, 0.5) is 11.4 Å². The number of nitrogens with zero attached hydrogens (tertiary/aromatic N) is 1. The molecular weight excluding hydrogens is 388 g/mol. The van der Waals surface area contributed by atoms with Gasteiger partial charge in [-0.1, -0.05) is 11.6 Å². The molecule has 0 fully saturated rings. The first-order valence-corrected chi connectivity index (χ1v) is 7.77. The summed E-state index contributed by atoms with van der Waals surface area (Å²) in [5.41, 5.74) is 0.148. The number of anilines is 1. The number of nitrogens with one attached hydrogen (secondary N) is 1. The van der Waals surface area contributed by atoms with Gasteiger partial charge in [-0.15, -0.1) is 0 Å². The molecule has 0 aromatic heterocycles. The molecule has 23 heavy (non-hydrogen) atoms. The Bertz CT molecular complexity index is 767. The van der Waals surface area contributed by atoms with Gasteiger partial charge < -0.3 is 10.1 Å². The molecule has 0 heterocycles. The van der Waals surface area contributed by atoms with Crippen molar-refractivity contribution >= 4 is 44.8 Å². The fraction of sp³-hybridized carbons (Fsp3) is 0.133. The van der Waals surface area contributed by atoms with Crippen LogP contribution in [0.25, 0.3) is 0 Å². The van der Waals surface area contributed by atoms with Crippen molar-refractivity contribution in [3.8, 4) is 5.75 Å². The molecule has 1 N–H and O–H groups in total. The predicted octanol–water partition coefficient (Wildman–Crippen LogP) is 4.66. The number of hydrogen-bond acceptors (Lipinski definition) is 4. The molecule has 0 saturated carbocycles. The first-order valence-electron chi connectivity index (χ1n) is 6.60. The van der Waals surface area contributed by atoms with Gasteiger partial charge in [-0.25, -0.2) is 0 Å². The average Bonchev–Trinajstić information content (AvgIpc) is 2.51. The quantitative estimate of drug-likeness (QED) is 0.585. The van der Waals surface area contributed by atoms with Crippen LogP contribution in [-0.4, -0.2) is 17.4 Å². The van der Waals surface area contributed by atoms with Gasteiger partial charge in [0.05, 0.1) is 16.0 Å². The largest absolute Gasteiger partial charge is 0.493 e. The van der Waals surface area contributed by atoms with Crippen LogP contribution >= 0.6 is 27.5 Å². The van der Waals surface area contributed by atoms with Crippen molar-refractivity contribution in [3.63, 3.8) is 0 Å². The number of carbonyl (C=O) groups excluding carboxylic acids is 1. The maximum atomic E-state index is 12.3. The van der Waals surface area contributed by atoms with Gasteiger partial charge in [0.1, 0.15) is 11.4 Å². The van der Waals surface area contributed by atoms with E-state index in [1.807, 2.05) is 6.92 Å². The third-order valence-electron chi connectivity index (χ3n) is 2.90. The zero-order chi connectivity index (χ0) is 17.0. The second-order valence-corrected chi connectivity index (χ2v) is 5.74. The third kappa shape index (κ3) is 4.20. The Kier molecular flexibility index (Phi) is 5.57. The highest BCUT2D eigenvalue weighted by Gasteiger charge is 2.17. The minimum Gasteiger partial charge on any atom is -0.493 e. The number of nitro benzene ring substituents is 1. The monoisotopic (exact) mass is 398 g/mol. The molecular formula is C15H12BrClN2O4. The van der Waals surface area contributed by atoms with E-state index in [0.717, 1.165) is 0 Å². The SMILES string of the molecule is CCOc1ccc(C(=O)Nc2ccc(Cl)cc2[N+](=O)[O-])cc1Br. The standard InChI is InChI=1S/C15H12BrClN2O4/c1-2-23-14-6-3-9(7-11(14)16)15(20)18-12-5-4-10(17)8-13(12)19(21)22/h3-8H,2H2,1H3,(H,18,20). The minimum absolute atomic E-state index is 0.0782. The van der Waals surface area contributed by atoms with Crippen LogP contribution in [0.3, 0.4) is 0 Å². The average molecular weight is 400 g/mol. The van der Waals surface area contributed by atoms with E-state index in [0.29, 0.717) is 22.4 Å². The van der Waals surface area contributed by atoms with Crippen LogP contribution in [0, 0.1) is 10.1 Å². The summed E-state index contributed by atoms with van der Waals surface area (Å²) >= 11 is 9.06. The summed E-state index contributed by atoms with van der Waals surface area (Å²) in [6.07, 6.45) is 0. The van der Waals surface area contributed by atoms with Crippen molar-refractivity contribution < 1.29 is 14.5 Å². The fourth-order valence-corrected chi connectivity index (χ4v) is 2.53. The summed E-state index contributed by atoms with van der Waals surface area (Å²) in [6, 6.07) is 8.86. The predicted molar refractivity (Wildman–Crippen MR) is 91.4 cm³/mol. The van der Waals surface area contributed by atoms with Gasteiger partial charge in [0.25, 0.3) is 11.6 Å². The highest BCUT2D eigenvalue weighted by atomic mass is 79.9. The highest BCUT2D eigenvalue weighted by Crippen LogP contribution is 2.29. The number of ether oxygens (including phenoxy) is 1. The van der Waals surface area contributed by atoms with Crippen LogP contribution in [-0.2, 0) is 0 Å². The lowest BCUT2D eigenvalue weighted by molar-refractivity contribution is -0.383. The molecule has 2 aromatic carbocycles. The van der Waals surface area contributed by atoms with Gasteiger partial charge >= 0.3 is 0 Å². The van der Waals surface area contributed by atoms with E-state index >= 15 is 0 Å². The van der Waals surface area contributed by atoms with Crippen molar-refractivity contribution in [2.45, 2.75) is 6.92 Å². The lowest BCUT2D eigenvalue weighted by Gasteiger charge is -2.09. The third-order valence-corrected chi connectivity index (χ3v) is 3.75. The molecule has 2 rings (SSSR count). The Hall–Kier alpha value is -2.12. The summed E-state index contributed by atoms with van der Waals surface area (Å²) in [4.78, 5) is 22.7. The number of carbonyl (C=O) groups is 1. The Morgan fingerprint density at radius 3 is 2.70 bits per heavy atom. The Morgan fingerprint density at radius 1 is 1.35 bits per heavy atom. The van der Waals surface area contributed by atoms with E-state index in [1.165, 1.54) is 18.2 Å². The topological polar surface area (TPSA) is 81.5 Å². The van der Waals surface area contributed by atoms with Crippen LogP contribution in [0.1, 0.15) is 17.3 Å².